The average molecular weight is 1130 g/mol. The second-order valence-electron chi connectivity index (χ2n) is 23.3. The summed E-state index contributed by atoms with van der Waals surface area (Å²) in [4.78, 5) is 37.7. The normalized spacial score (nSPS) is 14.2. The molecule has 9 nitrogen and oxygen atoms in total. The van der Waals surface area contributed by atoms with Crippen molar-refractivity contribution in [1.29, 1.82) is 0 Å². The number of esters is 1. The lowest BCUT2D eigenvalue weighted by Crippen LogP contribution is -2.47. The minimum atomic E-state index is -4.46. The van der Waals surface area contributed by atoms with Crippen molar-refractivity contribution >= 4 is 19.7 Å². The third-order valence-electron chi connectivity index (χ3n) is 14.3. The summed E-state index contributed by atoms with van der Waals surface area (Å²) >= 11 is 0. The number of rotatable bonds is 59. The van der Waals surface area contributed by atoms with Gasteiger partial charge < -0.3 is 19.4 Å². The van der Waals surface area contributed by atoms with Crippen molar-refractivity contribution in [3.05, 3.63) is 85.1 Å². The van der Waals surface area contributed by atoms with Crippen LogP contribution in [0.25, 0.3) is 0 Å². The fourth-order valence-corrected chi connectivity index (χ4v) is 9.93. The number of carbonyl (C=O) groups excluding carboxylic acids is 2. The molecule has 0 rings (SSSR count). The fourth-order valence-electron chi connectivity index (χ4n) is 9.20. The quantitative estimate of drug-likeness (QED) is 0.0205. The van der Waals surface area contributed by atoms with Crippen molar-refractivity contribution in [1.82, 2.24) is 5.32 Å². The topological polar surface area (TPSA) is 111 Å². The molecule has 0 aromatic heterocycles. The SMILES string of the molecule is CCCCC/C=C\C/C=C\C/C=C\C/C=C\CCCC(=O)OC(/C=C\CCCCCCCCCCC)C(COP(=O)(O)OCC[N+](C)(C)C)NC(=O)CCCCCCCCCCCCCCCCC/C=C\C/C=C\CCCCC. The standard InChI is InChI=1S/C69H125N2O7P/c1-7-10-13-16-19-22-25-27-29-31-32-33-34-35-36-37-38-40-41-43-46-49-52-55-58-61-68(72)70-66(65-77-79(74,75)76-64-63-71(4,5)6)67(60-57-54-51-48-45-24-21-18-15-12-9-3)78-69(73)62-59-56-53-50-47-44-42-39-30-28-26-23-20-17-14-11-8-2/h19-20,22-23,27-30,42,44,50,53,57,60,66-67H,7-18,21,24-26,31-41,43,45-49,51-52,54-56,58-59,61-65H2,1-6H3,(H-,70,72,74,75)/p+1/b22-19-,23-20-,29-27-,30-28-,44-42-,53-50-,60-57-. The Bertz CT molecular complexity index is 1630. The first-order chi connectivity index (χ1) is 38.4. The lowest BCUT2D eigenvalue weighted by Gasteiger charge is -2.27. The fraction of sp³-hybridized carbons (Fsp3) is 0.768. The summed E-state index contributed by atoms with van der Waals surface area (Å²) in [5.41, 5.74) is 0. The molecule has 0 saturated carbocycles. The van der Waals surface area contributed by atoms with Crippen LogP contribution < -0.4 is 5.32 Å². The van der Waals surface area contributed by atoms with Gasteiger partial charge >= 0.3 is 13.8 Å². The van der Waals surface area contributed by atoms with Gasteiger partial charge in [-0.15, -0.1) is 0 Å². The number of carbonyl (C=O) groups is 2. The number of phosphoric ester groups is 1. The van der Waals surface area contributed by atoms with Crippen LogP contribution in [0, 0.1) is 0 Å². The van der Waals surface area contributed by atoms with Crippen LogP contribution >= 0.6 is 7.82 Å². The summed E-state index contributed by atoms with van der Waals surface area (Å²) in [6, 6.07) is -0.873. The highest BCUT2D eigenvalue weighted by atomic mass is 31.2. The maximum absolute atomic E-state index is 13.6. The van der Waals surface area contributed by atoms with Gasteiger partial charge in [-0.2, -0.15) is 0 Å². The number of hydrogen-bond donors (Lipinski definition) is 2. The van der Waals surface area contributed by atoms with Crippen LogP contribution in [0.4, 0.5) is 0 Å². The molecule has 0 heterocycles. The monoisotopic (exact) mass is 1130 g/mol. The molecule has 0 aliphatic carbocycles. The first-order valence-electron chi connectivity index (χ1n) is 32.9. The van der Waals surface area contributed by atoms with E-state index in [0.29, 0.717) is 23.9 Å². The number of ether oxygens (including phenoxy) is 1. The molecule has 0 aromatic rings. The van der Waals surface area contributed by atoms with Crippen molar-refractivity contribution < 1.29 is 37.3 Å². The predicted molar refractivity (Wildman–Crippen MR) is 341 cm³/mol. The summed E-state index contributed by atoms with van der Waals surface area (Å²) < 4.78 is 30.7. The molecule has 1 amide bonds. The highest BCUT2D eigenvalue weighted by Crippen LogP contribution is 2.43. The van der Waals surface area contributed by atoms with Crippen LogP contribution in [0.1, 0.15) is 290 Å². The van der Waals surface area contributed by atoms with E-state index in [-0.39, 0.29) is 31.5 Å². The highest BCUT2D eigenvalue weighted by molar-refractivity contribution is 7.47. The Morgan fingerprint density at radius 3 is 1.20 bits per heavy atom. The van der Waals surface area contributed by atoms with Crippen LogP contribution in [0.5, 0.6) is 0 Å². The second kappa shape index (κ2) is 58.4. The summed E-state index contributed by atoms with van der Waals surface area (Å²) in [5, 5.41) is 3.05. The first-order valence-corrected chi connectivity index (χ1v) is 34.4. The number of amides is 1. The zero-order valence-electron chi connectivity index (χ0n) is 52.3. The molecular formula is C69H126N2O7P+. The molecule has 0 saturated heterocycles. The van der Waals surface area contributed by atoms with Crippen molar-refractivity contribution in [3.8, 4) is 0 Å². The van der Waals surface area contributed by atoms with E-state index in [1.165, 1.54) is 180 Å². The zero-order valence-corrected chi connectivity index (χ0v) is 53.2. The van der Waals surface area contributed by atoms with E-state index >= 15 is 0 Å². The Hall–Kier alpha value is -2.81. The molecule has 10 heteroatoms. The zero-order chi connectivity index (χ0) is 57.9. The predicted octanol–water partition coefficient (Wildman–Crippen LogP) is 20.6. The van der Waals surface area contributed by atoms with Crippen LogP contribution in [0.3, 0.4) is 0 Å². The van der Waals surface area contributed by atoms with E-state index in [1.807, 2.05) is 33.3 Å². The molecule has 458 valence electrons. The average Bonchev–Trinajstić information content (AvgIpc) is 3.41. The van der Waals surface area contributed by atoms with E-state index in [0.717, 1.165) is 70.6 Å². The maximum atomic E-state index is 13.6. The maximum Gasteiger partial charge on any atom is 0.472 e. The third-order valence-corrected chi connectivity index (χ3v) is 15.3. The van der Waals surface area contributed by atoms with Gasteiger partial charge in [0.05, 0.1) is 33.8 Å². The first kappa shape index (κ1) is 76.2. The van der Waals surface area contributed by atoms with Crippen molar-refractivity contribution in [2.24, 2.45) is 0 Å². The Morgan fingerprint density at radius 1 is 0.443 bits per heavy atom. The molecule has 0 fully saturated rings. The number of hydrogen-bond acceptors (Lipinski definition) is 6. The van der Waals surface area contributed by atoms with E-state index < -0.39 is 20.0 Å². The summed E-state index contributed by atoms with van der Waals surface area (Å²) in [6.07, 6.45) is 77.4. The molecule has 0 radical (unpaired) electrons. The number of unbranched alkanes of at least 4 members (excludes halogenated alkanes) is 31. The molecule has 2 N–H and O–H groups in total. The molecule has 3 atom stereocenters. The molecular weight excluding hydrogens is 1000 g/mol. The summed E-state index contributed by atoms with van der Waals surface area (Å²) in [7, 11) is 1.47. The van der Waals surface area contributed by atoms with Crippen molar-refractivity contribution in [2.45, 2.75) is 303 Å². The van der Waals surface area contributed by atoms with Gasteiger partial charge in [0.2, 0.25) is 5.91 Å². The van der Waals surface area contributed by atoms with E-state index in [2.05, 4.69) is 99.0 Å². The molecule has 0 aliphatic heterocycles. The Morgan fingerprint density at radius 2 is 0.785 bits per heavy atom. The lowest BCUT2D eigenvalue weighted by atomic mass is 10.0. The van der Waals surface area contributed by atoms with Gasteiger partial charge in [-0.1, -0.05) is 260 Å². The number of allylic oxidation sites excluding steroid dienone is 13. The Balaban J connectivity index is 5.14. The number of phosphoric acid groups is 1. The van der Waals surface area contributed by atoms with Crippen LogP contribution in [-0.4, -0.2) is 74.3 Å². The van der Waals surface area contributed by atoms with Crippen molar-refractivity contribution in [2.75, 3.05) is 40.9 Å². The molecule has 0 aromatic carbocycles. The van der Waals surface area contributed by atoms with Gasteiger partial charge in [-0.25, -0.2) is 4.57 Å². The van der Waals surface area contributed by atoms with Crippen LogP contribution in [0.2, 0.25) is 0 Å². The second-order valence-corrected chi connectivity index (χ2v) is 24.7. The van der Waals surface area contributed by atoms with E-state index in [4.69, 9.17) is 13.8 Å². The number of quaternary nitrogens is 1. The third kappa shape index (κ3) is 59.6. The summed E-state index contributed by atoms with van der Waals surface area (Å²) in [6.45, 7) is 6.93. The smallest absolute Gasteiger partial charge is 0.456 e. The van der Waals surface area contributed by atoms with Crippen LogP contribution in [-0.2, 0) is 27.9 Å². The number of likely N-dealkylation sites (N-methyl/N-ethyl adjacent to an activating group) is 1. The Labute approximate surface area is 488 Å². The number of nitrogens with one attached hydrogen (secondary N) is 1. The highest BCUT2D eigenvalue weighted by Gasteiger charge is 2.30. The lowest BCUT2D eigenvalue weighted by molar-refractivity contribution is -0.870. The van der Waals surface area contributed by atoms with Gasteiger partial charge in [0.15, 0.2) is 0 Å². The van der Waals surface area contributed by atoms with Gasteiger partial charge in [0.1, 0.15) is 19.3 Å². The van der Waals surface area contributed by atoms with Gasteiger partial charge in [0, 0.05) is 12.8 Å². The van der Waals surface area contributed by atoms with Gasteiger partial charge in [0.25, 0.3) is 0 Å². The molecule has 0 bridgehead atoms. The van der Waals surface area contributed by atoms with Gasteiger partial charge in [-0.05, 0) is 102 Å². The molecule has 79 heavy (non-hydrogen) atoms. The van der Waals surface area contributed by atoms with E-state index in [9.17, 15) is 19.0 Å². The molecule has 0 spiro atoms. The van der Waals surface area contributed by atoms with E-state index in [1.54, 1.807) is 0 Å². The minimum Gasteiger partial charge on any atom is -0.456 e. The molecule has 0 aliphatic rings. The minimum absolute atomic E-state index is 0.0296. The summed E-state index contributed by atoms with van der Waals surface area (Å²) in [5.74, 6) is -0.568. The van der Waals surface area contributed by atoms with Gasteiger partial charge in [-0.3, -0.25) is 18.6 Å². The largest absolute Gasteiger partial charge is 0.472 e. The molecule has 3 unspecified atom stereocenters. The van der Waals surface area contributed by atoms with Crippen LogP contribution in [0.15, 0.2) is 85.1 Å². The Kier molecular flexibility index (Phi) is 56.3. The van der Waals surface area contributed by atoms with Crippen molar-refractivity contribution in [3.63, 3.8) is 0 Å². The number of nitrogens with zero attached hydrogens (tertiary/aromatic N) is 1.